The van der Waals surface area contributed by atoms with Crippen LogP contribution >= 0.6 is 67.8 Å². The maximum absolute atomic E-state index is 11.0. The minimum atomic E-state index is -0.885. The number of carboxylic acids is 1. The Kier molecular flexibility index (Phi) is 6.23. The van der Waals surface area contributed by atoms with Crippen molar-refractivity contribution in [3.8, 4) is 0 Å². The van der Waals surface area contributed by atoms with E-state index in [-0.39, 0.29) is 15.6 Å². The largest absolute Gasteiger partial charge is 0.506 e. The van der Waals surface area contributed by atoms with Crippen LogP contribution in [-0.2, 0) is 4.79 Å². The van der Waals surface area contributed by atoms with E-state index in [9.17, 15) is 9.90 Å². The lowest BCUT2D eigenvalue weighted by atomic mass is 9.96. The highest BCUT2D eigenvalue weighted by atomic mass is 127. The SMILES string of the molecule is CCC(=CC1C(I)=C(O)C(I)=CC1I)C(=O)O. The zero-order chi connectivity index (χ0) is 13.2. The zero-order valence-electron chi connectivity index (χ0n) is 8.95. The van der Waals surface area contributed by atoms with E-state index < -0.39 is 5.97 Å². The van der Waals surface area contributed by atoms with E-state index in [1.807, 2.05) is 13.0 Å². The van der Waals surface area contributed by atoms with Crippen molar-refractivity contribution in [1.29, 1.82) is 0 Å². The zero-order valence-corrected chi connectivity index (χ0v) is 15.4. The lowest BCUT2D eigenvalue weighted by Gasteiger charge is -2.23. The molecule has 6 heteroatoms. The van der Waals surface area contributed by atoms with Crippen LogP contribution in [-0.4, -0.2) is 20.1 Å². The molecule has 2 unspecified atom stereocenters. The number of aliphatic carboxylic acids is 1. The maximum atomic E-state index is 11.0. The van der Waals surface area contributed by atoms with E-state index in [0.29, 0.717) is 12.0 Å². The summed E-state index contributed by atoms with van der Waals surface area (Å²) in [7, 11) is 0. The van der Waals surface area contributed by atoms with Gasteiger partial charge in [0, 0.05) is 19.0 Å². The molecule has 3 nitrogen and oxygen atoms in total. The molecule has 0 fully saturated rings. The van der Waals surface area contributed by atoms with Gasteiger partial charge in [0.1, 0.15) is 5.76 Å². The van der Waals surface area contributed by atoms with Gasteiger partial charge in [-0.25, -0.2) is 4.79 Å². The Hall–Kier alpha value is 0.680. The van der Waals surface area contributed by atoms with Crippen molar-refractivity contribution in [3.63, 3.8) is 0 Å². The Balaban J connectivity index is 3.12. The molecule has 0 bridgehead atoms. The smallest absolute Gasteiger partial charge is 0.331 e. The molecule has 0 aromatic carbocycles. The fourth-order valence-electron chi connectivity index (χ4n) is 1.46. The van der Waals surface area contributed by atoms with E-state index >= 15 is 0 Å². The molecule has 17 heavy (non-hydrogen) atoms. The van der Waals surface area contributed by atoms with Crippen LogP contribution in [0.25, 0.3) is 0 Å². The van der Waals surface area contributed by atoms with Crippen LogP contribution in [0.1, 0.15) is 13.3 Å². The average molecular weight is 572 g/mol. The van der Waals surface area contributed by atoms with Gasteiger partial charge in [0.05, 0.1) is 3.58 Å². The molecule has 1 aliphatic carbocycles. The first kappa shape index (κ1) is 15.7. The fraction of sp³-hybridized carbons (Fsp3) is 0.364. The molecule has 94 valence electrons. The van der Waals surface area contributed by atoms with Crippen LogP contribution in [0.2, 0.25) is 0 Å². The summed E-state index contributed by atoms with van der Waals surface area (Å²) in [4.78, 5) is 11.0. The Morgan fingerprint density at radius 3 is 2.59 bits per heavy atom. The van der Waals surface area contributed by atoms with Crippen molar-refractivity contribution in [2.75, 3.05) is 0 Å². The summed E-state index contributed by atoms with van der Waals surface area (Å²) in [6.07, 6.45) is 4.19. The Labute approximate surface area is 141 Å². The van der Waals surface area contributed by atoms with Gasteiger partial charge >= 0.3 is 5.97 Å². The van der Waals surface area contributed by atoms with E-state index in [1.54, 1.807) is 6.08 Å². The highest BCUT2D eigenvalue weighted by molar-refractivity contribution is 14.1. The van der Waals surface area contributed by atoms with Crippen LogP contribution in [0.4, 0.5) is 0 Å². The van der Waals surface area contributed by atoms with Crippen molar-refractivity contribution < 1.29 is 15.0 Å². The topological polar surface area (TPSA) is 57.5 Å². The monoisotopic (exact) mass is 572 g/mol. The Morgan fingerprint density at radius 2 is 2.12 bits per heavy atom. The second kappa shape index (κ2) is 6.73. The Bertz CT molecular complexity index is 424. The molecule has 0 aliphatic heterocycles. The third-order valence-electron chi connectivity index (χ3n) is 2.43. The van der Waals surface area contributed by atoms with E-state index in [2.05, 4.69) is 67.8 Å². The molecule has 0 amide bonds. The van der Waals surface area contributed by atoms with Gasteiger partial charge < -0.3 is 10.2 Å². The molecule has 1 aliphatic rings. The van der Waals surface area contributed by atoms with Crippen LogP contribution < -0.4 is 0 Å². The predicted octanol–water partition coefficient (Wildman–Crippen LogP) is 4.36. The van der Waals surface area contributed by atoms with Gasteiger partial charge in [-0.2, -0.15) is 0 Å². The van der Waals surface area contributed by atoms with Crippen molar-refractivity contribution in [2.45, 2.75) is 17.3 Å². The number of carboxylic acid groups (broad SMARTS) is 1. The molecule has 2 atom stereocenters. The highest BCUT2D eigenvalue weighted by Crippen LogP contribution is 2.40. The molecular weight excluding hydrogens is 561 g/mol. The van der Waals surface area contributed by atoms with E-state index in [4.69, 9.17) is 5.11 Å². The normalized spacial score (nSPS) is 25.9. The first-order valence-corrected chi connectivity index (χ1v) is 8.33. The van der Waals surface area contributed by atoms with Gasteiger partial charge in [-0.3, -0.25) is 0 Å². The lowest BCUT2D eigenvalue weighted by Crippen LogP contribution is -2.17. The van der Waals surface area contributed by atoms with Crippen molar-refractivity contribution in [2.24, 2.45) is 5.92 Å². The number of hydrogen-bond acceptors (Lipinski definition) is 2. The number of hydrogen-bond donors (Lipinski definition) is 2. The summed E-state index contributed by atoms with van der Waals surface area (Å²) >= 11 is 6.44. The lowest BCUT2D eigenvalue weighted by molar-refractivity contribution is -0.132. The Morgan fingerprint density at radius 1 is 1.53 bits per heavy atom. The second-order valence-electron chi connectivity index (χ2n) is 3.53. The van der Waals surface area contributed by atoms with Crippen LogP contribution in [0.15, 0.2) is 30.6 Å². The van der Waals surface area contributed by atoms with Gasteiger partial charge in [-0.15, -0.1) is 0 Å². The highest BCUT2D eigenvalue weighted by Gasteiger charge is 2.27. The van der Waals surface area contributed by atoms with Crippen LogP contribution in [0, 0.1) is 5.92 Å². The number of aliphatic hydroxyl groups is 1. The quantitative estimate of drug-likeness (QED) is 0.301. The maximum Gasteiger partial charge on any atom is 0.331 e. The van der Waals surface area contributed by atoms with Crippen LogP contribution in [0.5, 0.6) is 0 Å². The van der Waals surface area contributed by atoms with Gasteiger partial charge in [0.15, 0.2) is 0 Å². The van der Waals surface area contributed by atoms with Crippen molar-refractivity contribution in [3.05, 3.63) is 30.6 Å². The number of rotatable bonds is 3. The number of halogens is 3. The van der Waals surface area contributed by atoms with Crippen molar-refractivity contribution >= 4 is 73.7 Å². The molecule has 0 heterocycles. The summed E-state index contributed by atoms with van der Waals surface area (Å²) in [5.41, 5.74) is 0.393. The third kappa shape index (κ3) is 3.82. The van der Waals surface area contributed by atoms with Gasteiger partial charge in [-0.1, -0.05) is 41.7 Å². The van der Waals surface area contributed by atoms with E-state index in [0.717, 1.165) is 7.16 Å². The molecule has 0 aromatic heterocycles. The second-order valence-corrected chi connectivity index (χ2v) is 7.29. The van der Waals surface area contributed by atoms with Crippen LogP contribution in [0.3, 0.4) is 0 Å². The van der Waals surface area contributed by atoms with Gasteiger partial charge in [0.25, 0.3) is 0 Å². The minimum absolute atomic E-state index is 0.0548. The molecule has 1 rings (SSSR count). The number of allylic oxidation sites excluding steroid dienone is 4. The third-order valence-corrected chi connectivity index (χ3v) is 5.66. The molecule has 2 N–H and O–H groups in total. The molecule has 0 aromatic rings. The molecular formula is C11H11I3O3. The summed E-state index contributed by atoms with van der Waals surface area (Å²) in [6, 6.07) is 0. The van der Waals surface area contributed by atoms with Gasteiger partial charge in [-0.05, 0) is 51.6 Å². The van der Waals surface area contributed by atoms with E-state index in [1.165, 1.54) is 0 Å². The molecule has 0 radical (unpaired) electrons. The first-order chi connectivity index (χ1) is 7.88. The number of alkyl halides is 1. The summed E-state index contributed by atoms with van der Waals surface area (Å²) < 4.78 is 1.80. The number of carbonyl (C=O) groups is 1. The summed E-state index contributed by atoms with van der Waals surface area (Å²) in [5, 5.41) is 18.9. The summed E-state index contributed by atoms with van der Waals surface area (Å²) in [5.74, 6) is -0.675. The first-order valence-electron chi connectivity index (χ1n) is 4.92. The average Bonchev–Trinajstić information content (AvgIpc) is 2.26. The van der Waals surface area contributed by atoms with Gasteiger partial charge in [0.2, 0.25) is 0 Å². The molecule has 0 spiro atoms. The molecule has 0 saturated heterocycles. The van der Waals surface area contributed by atoms with Crippen molar-refractivity contribution in [1.82, 2.24) is 0 Å². The standard InChI is InChI=1S/C11H11I3O3/c1-2-5(11(16)17)3-6-7(12)4-8(13)10(15)9(6)14/h3-4,6-7,15H,2H2,1H3,(H,16,17). The summed E-state index contributed by atoms with van der Waals surface area (Å²) in [6.45, 7) is 1.82. The minimum Gasteiger partial charge on any atom is -0.506 e. The fourth-order valence-corrected chi connectivity index (χ4v) is 5.81. The predicted molar refractivity (Wildman–Crippen MR) is 93.1 cm³/mol. The number of aliphatic hydroxyl groups excluding tert-OH is 1. The molecule has 0 saturated carbocycles.